The van der Waals surface area contributed by atoms with Gasteiger partial charge in [-0.15, -0.1) is 0 Å². The molecule has 1 aliphatic heterocycles. The monoisotopic (exact) mass is 429 g/mol. The summed E-state index contributed by atoms with van der Waals surface area (Å²) in [4.78, 5) is 2.53. The summed E-state index contributed by atoms with van der Waals surface area (Å²) in [6.45, 7) is 15.8. The first-order valence-corrected chi connectivity index (χ1v) is 13.5. The van der Waals surface area contributed by atoms with E-state index in [0.29, 0.717) is 21.4 Å². The van der Waals surface area contributed by atoms with Gasteiger partial charge in [-0.25, -0.2) is 0 Å². The van der Waals surface area contributed by atoms with Crippen LogP contribution in [0.2, 0.25) is 28.2 Å². The SMILES string of the molecule is COc1ccc(Cl)c(Cl)c1C1CC2(C1)CN(CCO[Si](C)(C)C(C)(C)C)C2. The summed E-state index contributed by atoms with van der Waals surface area (Å²) < 4.78 is 11.8. The van der Waals surface area contributed by atoms with Crippen LogP contribution < -0.4 is 4.74 Å². The van der Waals surface area contributed by atoms with E-state index in [-0.39, 0.29) is 5.04 Å². The number of rotatable bonds is 6. The van der Waals surface area contributed by atoms with Crippen LogP contribution in [-0.4, -0.2) is 46.6 Å². The minimum absolute atomic E-state index is 0.277. The van der Waals surface area contributed by atoms with Crippen molar-refractivity contribution in [2.75, 3.05) is 33.4 Å². The van der Waals surface area contributed by atoms with Crippen LogP contribution in [0.3, 0.4) is 0 Å². The molecular weight excluding hydrogens is 397 g/mol. The van der Waals surface area contributed by atoms with Crippen molar-refractivity contribution < 1.29 is 9.16 Å². The minimum atomic E-state index is -1.64. The molecule has 3 nitrogen and oxygen atoms in total. The van der Waals surface area contributed by atoms with Crippen molar-refractivity contribution >= 4 is 31.5 Å². The Morgan fingerprint density at radius 1 is 1.19 bits per heavy atom. The van der Waals surface area contributed by atoms with E-state index in [1.165, 1.54) is 25.9 Å². The topological polar surface area (TPSA) is 21.7 Å². The Kier molecular flexibility index (Phi) is 5.98. The van der Waals surface area contributed by atoms with E-state index in [0.717, 1.165) is 24.5 Å². The molecule has 1 spiro atoms. The second-order valence-electron chi connectivity index (χ2n) is 9.90. The lowest BCUT2D eigenvalue weighted by Gasteiger charge is -2.59. The smallest absolute Gasteiger partial charge is 0.192 e. The first kappa shape index (κ1) is 21.4. The molecule has 2 aliphatic rings. The van der Waals surface area contributed by atoms with E-state index >= 15 is 0 Å². The van der Waals surface area contributed by atoms with Gasteiger partial charge in [-0.1, -0.05) is 44.0 Å². The first-order valence-electron chi connectivity index (χ1n) is 9.86. The molecule has 2 fully saturated rings. The highest BCUT2D eigenvalue weighted by molar-refractivity contribution is 6.74. The normalized spacial score (nSPS) is 20.4. The van der Waals surface area contributed by atoms with E-state index in [1.807, 2.05) is 12.1 Å². The number of hydrogen-bond acceptors (Lipinski definition) is 3. The lowest BCUT2D eigenvalue weighted by Crippen LogP contribution is -2.62. The molecule has 0 bridgehead atoms. The highest BCUT2D eigenvalue weighted by Gasteiger charge is 2.53. The van der Waals surface area contributed by atoms with Gasteiger partial charge in [-0.05, 0) is 54.4 Å². The highest BCUT2D eigenvalue weighted by Crippen LogP contribution is 2.59. The van der Waals surface area contributed by atoms with Crippen molar-refractivity contribution in [3.05, 3.63) is 27.7 Å². The average molecular weight is 430 g/mol. The van der Waals surface area contributed by atoms with Gasteiger partial charge in [-0.2, -0.15) is 0 Å². The number of halogens is 2. The Labute approximate surface area is 175 Å². The van der Waals surface area contributed by atoms with Crippen LogP contribution in [0, 0.1) is 5.41 Å². The lowest BCUT2D eigenvalue weighted by atomic mass is 9.56. The second kappa shape index (κ2) is 7.53. The highest BCUT2D eigenvalue weighted by atomic mass is 35.5. The van der Waals surface area contributed by atoms with Crippen molar-refractivity contribution in [3.63, 3.8) is 0 Å². The average Bonchev–Trinajstić information content (AvgIpc) is 2.49. The second-order valence-corrected chi connectivity index (χ2v) is 15.5. The van der Waals surface area contributed by atoms with E-state index < -0.39 is 8.32 Å². The number of nitrogens with zero attached hydrogens (tertiary/aromatic N) is 1. The molecule has 1 aromatic carbocycles. The van der Waals surface area contributed by atoms with Gasteiger partial charge < -0.3 is 9.16 Å². The van der Waals surface area contributed by atoms with Gasteiger partial charge in [0.15, 0.2) is 8.32 Å². The third-order valence-electron chi connectivity index (χ3n) is 6.87. The van der Waals surface area contributed by atoms with Crippen molar-refractivity contribution in [1.82, 2.24) is 4.90 Å². The summed E-state index contributed by atoms with van der Waals surface area (Å²) in [6, 6.07) is 3.74. The maximum atomic E-state index is 6.48. The van der Waals surface area contributed by atoms with Crippen molar-refractivity contribution in [3.8, 4) is 5.75 Å². The Hall–Kier alpha value is -0.263. The van der Waals surface area contributed by atoms with Crippen molar-refractivity contribution in [1.29, 1.82) is 0 Å². The standard InChI is InChI=1S/C21H33Cl2NO2Si/c1-20(2,3)27(5,6)26-10-9-24-13-21(14-24)11-15(12-21)18-17(25-4)8-7-16(22)19(18)23/h7-8,15H,9-14H2,1-6H3. The van der Waals surface area contributed by atoms with Gasteiger partial charge in [0.1, 0.15) is 5.75 Å². The molecule has 152 valence electrons. The Morgan fingerprint density at radius 2 is 1.81 bits per heavy atom. The summed E-state index contributed by atoms with van der Waals surface area (Å²) in [5, 5.41) is 1.56. The van der Waals surface area contributed by atoms with Crippen LogP contribution in [0.15, 0.2) is 12.1 Å². The van der Waals surface area contributed by atoms with Gasteiger partial charge in [-0.3, -0.25) is 4.90 Å². The van der Waals surface area contributed by atoms with E-state index in [2.05, 4.69) is 38.8 Å². The van der Waals surface area contributed by atoms with Crippen LogP contribution in [-0.2, 0) is 4.43 Å². The molecular formula is C21H33Cl2NO2Si. The van der Waals surface area contributed by atoms with Gasteiger partial charge in [0, 0.05) is 31.8 Å². The van der Waals surface area contributed by atoms with Crippen molar-refractivity contribution in [2.24, 2.45) is 5.41 Å². The molecule has 3 rings (SSSR count). The quantitative estimate of drug-likeness (QED) is 0.502. The van der Waals surface area contributed by atoms with Crippen LogP contribution in [0.5, 0.6) is 5.75 Å². The van der Waals surface area contributed by atoms with Gasteiger partial charge in [0.25, 0.3) is 0 Å². The molecule has 0 amide bonds. The van der Waals surface area contributed by atoms with E-state index in [1.54, 1.807) is 7.11 Å². The lowest BCUT2D eigenvalue weighted by molar-refractivity contribution is -0.0771. The maximum Gasteiger partial charge on any atom is 0.192 e. The summed E-state index contributed by atoms with van der Waals surface area (Å²) in [5.41, 5.74) is 1.55. The molecule has 0 radical (unpaired) electrons. The zero-order valence-corrected chi connectivity index (χ0v) is 20.0. The summed E-state index contributed by atoms with van der Waals surface area (Å²) in [6.07, 6.45) is 2.34. The number of benzene rings is 1. The predicted molar refractivity (Wildman–Crippen MR) is 117 cm³/mol. The minimum Gasteiger partial charge on any atom is -0.496 e. The number of methoxy groups -OCH3 is 1. The molecule has 27 heavy (non-hydrogen) atoms. The van der Waals surface area contributed by atoms with Crippen LogP contribution in [0.25, 0.3) is 0 Å². The summed E-state index contributed by atoms with van der Waals surface area (Å²) in [7, 11) is 0.0639. The summed E-state index contributed by atoms with van der Waals surface area (Å²) >= 11 is 12.7. The fourth-order valence-electron chi connectivity index (χ4n) is 4.26. The molecule has 0 atom stereocenters. The molecule has 0 unspecified atom stereocenters. The predicted octanol–water partition coefficient (Wildman–Crippen LogP) is 6.20. The molecule has 1 aromatic rings. The Balaban J connectivity index is 1.48. The third-order valence-corrected chi connectivity index (χ3v) is 12.2. The molecule has 0 aromatic heterocycles. The van der Waals surface area contributed by atoms with Gasteiger partial charge in [0.2, 0.25) is 0 Å². The molecule has 1 saturated heterocycles. The Bertz CT molecular complexity index is 688. The van der Waals surface area contributed by atoms with E-state index in [4.69, 9.17) is 32.4 Å². The van der Waals surface area contributed by atoms with Crippen LogP contribution >= 0.6 is 23.2 Å². The van der Waals surface area contributed by atoms with Crippen LogP contribution in [0.1, 0.15) is 45.1 Å². The van der Waals surface area contributed by atoms with Crippen LogP contribution in [0.4, 0.5) is 0 Å². The molecule has 1 heterocycles. The first-order chi connectivity index (χ1) is 12.5. The maximum absolute atomic E-state index is 6.48. The van der Waals surface area contributed by atoms with E-state index in [9.17, 15) is 0 Å². The zero-order chi connectivity index (χ0) is 20.0. The zero-order valence-electron chi connectivity index (χ0n) is 17.5. The number of likely N-dealkylation sites (tertiary alicyclic amines) is 1. The van der Waals surface area contributed by atoms with Crippen molar-refractivity contribution in [2.45, 2.75) is 57.7 Å². The van der Waals surface area contributed by atoms with Gasteiger partial charge in [0.05, 0.1) is 17.2 Å². The molecule has 1 saturated carbocycles. The fraction of sp³-hybridized carbons (Fsp3) is 0.714. The fourth-order valence-corrected chi connectivity index (χ4v) is 5.77. The summed E-state index contributed by atoms with van der Waals surface area (Å²) in [5.74, 6) is 1.32. The molecule has 0 N–H and O–H groups in total. The number of hydrogen-bond donors (Lipinski definition) is 0. The Morgan fingerprint density at radius 3 is 2.37 bits per heavy atom. The number of ether oxygens (including phenoxy) is 1. The third kappa shape index (κ3) is 4.20. The van der Waals surface area contributed by atoms with Gasteiger partial charge >= 0.3 is 0 Å². The molecule has 1 aliphatic carbocycles. The molecule has 6 heteroatoms. The largest absolute Gasteiger partial charge is 0.496 e.